The van der Waals surface area contributed by atoms with Crippen molar-refractivity contribution in [3.63, 3.8) is 0 Å². The van der Waals surface area contributed by atoms with Crippen LogP contribution in [0.2, 0.25) is 15.1 Å². The van der Waals surface area contributed by atoms with Gasteiger partial charge in [0.2, 0.25) is 0 Å². The van der Waals surface area contributed by atoms with Gasteiger partial charge in [0.05, 0.1) is 15.7 Å². The molecule has 0 radical (unpaired) electrons. The highest BCUT2D eigenvalue weighted by Crippen LogP contribution is 2.33. The number of thioether (sulfide) groups is 1. The number of hydrogen-bond donors (Lipinski definition) is 3. The van der Waals surface area contributed by atoms with Crippen LogP contribution in [0.5, 0.6) is 0 Å². The SMILES string of the molecule is CSCC[C@@H](NC(=O)Nc1c(Cl)cc(Cl)cc1Cl)C(=O)O. The number of halogens is 3. The monoisotopic (exact) mass is 370 g/mol. The molecule has 2 amide bonds. The number of nitrogens with one attached hydrogen (secondary N) is 2. The van der Waals surface area contributed by atoms with E-state index in [0.717, 1.165) is 0 Å². The highest BCUT2D eigenvalue weighted by Gasteiger charge is 2.20. The summed E-state index contributed by atoms with van der Waals surface area (Å²) in [7, 11) is 0. The lowest BCUT2D eigenvalue weighted by atomic mass is 10.2. The number of benzene rings is 1. The highest BCUT2D eigenvalue weighted by atomic mass is 35.5. The Labute approximate surface area is 141 Å². The van der Waals surface area contributed by atoms with E-state index in [1.165, 1.54) is 23.9 Å². The summed E-state index contributed by atoms with van der Waals surface area (Å²) in [6.07, 6.45) is 2.16. The van der Waals surface area contributed by atoms with Crippen LogP contribution in [0.15, 0.2) is 12.1 Å². The Balaban J connectivity index is 2.74. The molecule has 0 unspecified atom stereocenters. The van der Waals surface area contributed by atoms with Crippen molar-refractivity contribution in [1.29, 1.82) is 0 Å². The first-order chi connectivity index (χ1) is 9.85. The molecule has 1 aromatic rings. The second-order valence-electron chi connectivity index (χ2n) is 4.02. The van der Waals surface area contributed by atoms with Gasteiger partial charge >= 0.3 is 12.0 Å². The molecule has 5 nitrogen and oxygen atoms in total. The van der Waals surface area contributed by atoms with Crippen molar-refractivity contribution >= 4 is 64.3 Å². The molecule has 0 saturated heterocycles. The first-order valence-corrected chi connectivity index (χ1v) is 8.31. The van der Waals surface area contributed by atoms with Crippen LogP contribution in [-0.4, -0.2) is 35.2 Å². The molecule has 0 spiro atoms. The molecule has 0 heterocycles. The predicted molar refractivity (Wildman–Crippen MR) is 88.0 cm³/mol. The molecule has 1 rings (SSSR count). The standard InChI is InChI=1S/C12H13Cl3N2O3S/c1-21-3-2-9(11(18)19)16-12(20)17-10-7(14)4-6(13)5-8(10)15/h4-5,9H,2-3H2,1H3,(H,18,19)(H2,16,17,20)/t9-/m1/s1. The average Bonchev–Trinajstić information content (AvgIpc) is 2.38. The van der Waals surface area contributed by atoms with Crippen molar-refractivity contribution in [1.82, 2.24) is 5.32 Å². The molecule has 1 atom stereocenters. The van der Waals surface area contributed by atoms with Crippen molar-refractivity contribution in [3.05, 3.63) is 27.2 Å². The summed E-state index contributed by atoms with van der Waals surface area (Å²) in [5.74, 6) is -0.493. The van der Waals surface area contributed by atoms with Crippen LogP contribution in [0.3, 0.4) is 0 Å². The van der Waals surface area contributed by atoms with Crippen molar-refractivity contribution in [2.75, 3.05) is 17.3 Å². The number of carboxylic acids is 1. The van der Waals surface area contributed by atoms with Crippen LogP contribution in [0, 0.1) is 0 Å². The average molecular weight is 372 g/mol. The Morgan fingerprint density at radius 3 is 2.33 bits per heavy atom. The van der Waals surface area contributed by atoms with E-state index in [2.05, 4.69) is 10.6 Å². The number of urea groups is 1. The fourth-order valence-corrected chi connectivity index (χ4v) is 2.85. The summed E-state index contributed by atoms with van der Waals surface area (Å²) in [5.41, 5.74) is 0.175. The zero-order valence-corrected chi connectivity index (χ0v) is 14.0. The van der Waals surface area contributed by atoms with Gasteiger partial charge in [-0.3, -0.25) is 0 Å². The second kappa shape index (κ2) is 8.58. The molecule has 0 fully saturated rings. The van der Waals surface area contributed by atoms with Gasteiger partial charge < -0.3 is 15.7 Å². The molecule has 0 bridgehead atoms. The molecule has 116 valence electrons. The maximum absolute atomic E-state index is 11.8. The Morgan fingerprint density at radius 1 is 1.29 bits per heavy atom. The largest absolute Gasteiger partial charge is 0.480 e. The van der Waals surface area contributed by atoms with Crippen LogP contribution in [-0.2, 0) is 4.79 Å². The third-order valence-electron chi connectivity index (χ3n) is 2.46. The maximum atomic E-state index is 11.8. The topological polar surface area (TPSA) is 78.4 Å². The highest BCUT2D eigenvalue weighted by molar-refractivity contribution is 7.98. The third-order valence-corrected chi connectivity index (χ3v) is 3.92. The zero-order valence-electron chi connectivity index (χ0n) is 11.0. The molecular formula is C12H13Cl3N2O3S. The van der Waals surface area contributed by atoms with Crippen molar-refractivity contribution in [2.24, 2.45) is 0 Å². The van der Waals surface area contributed by atoms with Gasteiger partial charge in [0.1, 0.15) is 6.04 Å². The Kier molecular flexibility index (Phi) is 7.45. The van der Waals surface area contributed by atoms with Gasteiger partial charge in [-0.25, -0.2) is 9.59 Å². The molecule has 0 aliphatic carbocycles. The Bertz CT molecular complexity index is 519. The number of rotatable bonds is 6. The molecule has 1 aromatic carbocycles. The van der Waals surface area contributed by atoms with E-state index in [1.807, 2.05) is 6.26 Å². The minimum absolute atomic E-state index is 0.165. The summed E-state index contributed by atoms with van der Waals surface area (Å²) in [5, 5.41) is 14.5. The van der Waals surface area contributed by atoms with E-state index in [9.17, 15) is 9.59 Å². The van der Waals surface area contributed by atoms with Crippen molar-refractivity contribution in [2.45, 2.75) is 12.5 Å². The van der Waals surface area contributed by atoms with Crippen molar-refractivity contribution in [3.8, 4) is 0 Å². The number of hydrogen-bond acceptors (Lipinski definition) is 3. The molecule has 3 N–H and O–H groups in total. The molecule has 9 heteroatoms. The van der Waals surface area contributed by atoms with Crippen LogP contribution in [0.25, 0.3) is 0 Å². The van der Waals surface area contributed by atoms with Gasteiger partial charge in [-0.2, -0.15) is 11.8 Å². The maximum Gasteiger partial charge on any atom is 0.326 e. The van der Waals surface area contributed by atoms with Crippen LogP contribution in [0.1, 0.15) is 6.42 Å². The fourth-order valence-electron chi connectivity index (χ4n) is 1.46. The molecule has 21 heavy (non-hydrogen) atoms. The van der Waals surface area contributed by atoms with Crippen LogP contribution in [0.4, 0.5) is 10.5 Å². The molecular weight excluding hydrogens is 359 g/mol. The van der Waals surface area contributed by atoms with E-state index in [4.69, 9.17) is 39.9 Å². The first-order valence-electron chi connectivity index (χ1n) is 5.79. The van der Waals surface area contributed by atoms with Crippen molar-refractivity contribution < 1.29 is 14.7 Å². The fraction of sp³-hybridized carbons (Fsp3) is 0.333. The van der Waals surface area contributed by atoms with Gasteiger partial charge in [0.25, 0.3) is 0 Å². The van der Waals surface area contributed by atoms with E-state index >= 15 is 0 Å². The number of amides is 2. The lowest BCUT2D eigenvalue weighted by molar-refractivity contribution is -0.139. The quantitative estimate of drug-likeness (QED) is 0.707. The van der Waals surface area contributed by atoms with Gasteiger partial charge in [-0.1, -0.05) is 34.8 Å². The van der Waals surface area contributed by atoms with Crippen LogP contribution >= 0.6 is 46.6 Å². The van der Waals surface area contributed by atoms with Crippen LogP contribution < -0.4 is 10.6 Å². The van der Waals surface area contributed by atoms with Gasteiger partial charge in [0, 0.05) is 5.02 Å². The predicted octanol–water partition coefficient (Wildman–Crippen LogP) is 3.97. The van der Waals surface area contributed by atoms with E-state index in [1.54, 1.807) is 0 Å². The van der Waals surface area contributed by atoms with E-state index in [0.29, 0.717) is 17.2 Å². The number of carbonyl (C=O) groups is 2. The number of anilines is 1. The smallest absolute Gasteiger partial charge is 0.326 e. The van der Waals surface area contributed by atoms with E-state index < -0.39 is 18.0 Å². The number of aliphatic carboxylic acids is 1. The third kappa shape index (κ3) is 5.82. The summed E-state index contributed by atoms with van der Waals surface area (Å²) in [6.45, 7) is 0. The number of carboxylic acid groups (broad SMARTS) is 1. The lowest BCUT2D eigenvalue weighted by Gasteiger charge is -2.16. The molecule has 0 aliphatic rings. The molecule has 0 aromatic heterocycles. The summed E-state index contributed by atoms with van der Waals surface area (Å²) >= 11 is 19.1. The van der Waals surface area contributed by atoms with Gasteiger partial charge in [-0.05, 0) is 30.6 Å². The normalized spacial score (nSPS) is 11.8. The summed E-state index contributed by atoms with van der Waals surface area (Å²) in [6, 6.07) is 1.16. The first kappa shape index (κ1) is 18.2. The Hall–Kier alpha value is -0.820. The minimum Gasteiger partial charge on any atom is -0.480 e. The summed E-state index contributed by atoms with van der Waals surface area (Å²) in [4.78, 5) is 22.9. The molecule has 0 saturated carbocycles. The number of carbonyl (C=O) groups excluding carboxylic acids is 1. The lowest BCUT2D eigenvalue weighted by Crippen LogP contribution is -2.43. The van der Waals surface area contributed by atoms with Gasteiger partial charge in [0.15, 0.2) is 0 Å². The minimum atomic E-state index is -1.10. The Morgan fingerprint density at radius 2 is 1.86 bits per heavy atom. The van der Waals surface area contributed by atoms with E-state index in [-0.39, 0.29) is 15.7 Å². The second-order valence-corrected chi connectivity index (χ2v) is 6.25. The summed E-state index contributed by atoms with van der Waals surface area (Å²) < 4.78 is 0. The van der Waals surface area contributed by atoms with Gasteiger partial charge in [-0.15, -0.1) is 0 Å². The molecule has 0 aliphatic heterocycles. The zero-order chi connectivity index (χ0) is 16.0.